The monoisotopic (exact) mass is 331 g/mol. The van der Waals surface area contributed by atoms with Gasteiger partial charge in [0.2, 0.25) is 5.91 Å². The molecule has 3 aliphatic rings. The molecule has 2 aliphatic carbocycles. The van der Waals surface area contributed by atoms with Crippen molar-refractivity contribution in [2.75, 3.05) is 19.7 Å². The van der Waals surface area contributed by atoms with Gasteiger partial charge in [-0.25, -0.2) is 4.39 Å². The van der Waals surface area contributed by atoms with Gasteiger partial charge in [-0.3, -0.25) is 9.59 Å². The number of carbonyl (C=O) groups is 2. The number of nitrogens with zero attached hydrogens (tertiary/aromatic N) is 1. The summed E-state index contributed by atoms with van der Waals surface area (Å²) in [6.45, 7) is 4.81. The molecule has 0 bridgehead atoms. The number of alkyl halides is 1. The third kappa shape index (κ3) is 1.84. The summed E-state index contributed by atoms with van der Waals surface area (Å²) in [5.41, 5.74) is -0.873. The number of hydrogen-bond donors (Lipinski definition) is 0. The van der Waals surface area contributed by atoms with Crippen molar-refractivity contribution < 1.29 is 18.7 Å². The molecule has 0 radical (unpaired) electrons. The fourth-order valence-corrected chi connectivity index (χ4v) is 4.57. The molecule has 1 aromatic carbocycles. The molecule has 0 N–H and O–H groups in total. The maximum atomic E-state index is 14.6. The molecule has 5 unspecified atom stereocenters. The van der Waals surface area contributed by atoms with Crippen molar-refractivity contribution in [3.8, 4) is 0 Å². The summed E-state index contributed by atoms with van der Waals surface area (Å²) in [5.74, 6) is -0.549. The van der Waals surface area contributed by atoms with Crippen LogP contribution in [-0.4, -0.2) is 42.6 Å². The van der Waals surface area contributed by atoms with Gasteiger partial charge in [0.1, 0.15) is 11.6 Å². The standard InChI is InChI=1S/C19H22FNO3/c1-3-24-17(23)18-9-14(18)10-21(11-18)16(22)19(12(2)15(19)20)13-7-5-4-6-8-13/h4-8,12,14-15H,3,9-11H2,1-2H3. The molecular weight excluding hydrogens is 309 g/mol. The van der Waals surface area contributed by atoms with E-state index in [1.165, 1.54) is 0 Å². The molecule has 4 nitrogen and oxygen atoms in total. The third-order valence-electron chi connectivity index (χ3n) is 6.20. The van der Waals surface area contributed by atoms with Crippen molar-refractivity contribution >= 4 is 11.9 Å². The van der Waals surface area contributed by atoms with Crippen molar-refractivity contribution in [1.82, 2.24) is 4.90 Å². The van der Waals surface area contributed by atoms with Gasteiger partial charge in [0, 0.05) is 19.0 Å². The van der Waals surface area contributed by atoms with Crippen LogP contribution in [0, 0.1) is 17.3 Å². The third-order valence-corrected chi connectivity index (χ3v) is 6.20. The predicted octanol–water partition coefficient (Wildman–Crippen LogP) is 2.32. The van der Waals surface area contributed by atoms with Crippen molar-refractivity contribution in [1.29, 1.82) is 0 Å². The van der Waals surface area contributed by atoms with E-state index in [1.807, 2.05) is 30.3 Å². The lowest BCUT2D eigenvalue weighted by Gasteiger charge is -2.26. The van der Waals surface area contributed by atoms with Crippen LogP contribution in [0.15, 0.2) is 30.3 Å². The number of rotatable bonds is 4. The van der Waals surface area contributed by atoms with Crippen LogP contribution >= 0.6 is 0 Å². The van der Waals surface area contributed by atoms with E-state index in [0.29, 0.717) is 19.7 Å². The van der Waals surface area contributed by atoms with Crippen LogP contribution < -0.4 is 0 Å². The molecule has 1 saturated heterocycles. The van der Waals surface area contributed by atoms with Gasteiger partial charge < -0.3 is 9.64 Å². The minimum atomic E-state index is -1.16. The Labute approximate surface area is 141 Å². The fraction of sp³-hybridized carbons (Fsp3) is 0.579. The van der Waals surface area contributed by atoms with E-state index in [2.05, 4.69) is 0 Å². The summed E-state index contributed by atoms with van der Waals surface area (Å²) in [5, 5.41) is 0. The predicted molar refractivity (Wildman–Crippen MR) is 85.9 cm³/mol. The minimum absolute atomic E-state index is 0.167. The Morgan fingerprint density at radius 1 is 1.33 bits per heavy atom. The number of ether oxygens (including phenoxy) is 1. The molecule has 5 heteroatoms. The molecule has 4 rings (SSSR count). The highest BCUT2D eigenvalue weighted by Crippen LogP contribution is 2.62. The van der Waals surface area contributed by atoms with Gasteiger partial charge in [-0.15, -0.1) is 0 Å². The summed E-state index contributed by atoms with van der Waals surface area (Å²) in [7, 11) is 0. The average molecular weight is 331 g/mol. The fourth-order valence-electron chi connectivity index (χ4n) is 4.57. The molecule has 0 aromatic heterocycles. The molecule has 1 aromatic rings. The lowest BCUT2D eigenvalue weighted by atomic mass is 9.91. The number of fused-ring (bicyclic) bond motifs is 1. The van der Waals surface area contributed by atoms with Crippen molar-refractivity contribution in [3.63, 3.8) is 0 Å². The van der Waals surface area contributed by atoms with Crippen LogP contribution in [0.25, 0.3) is 0 Å². The van der Waals surface area contributed by atoms with Crippen molar-refractivity contribution in [3.05, 3.63) is 35.9 Å². The quantitative estimate of drug-likeness (QED) is 0.796. The van der Waals surface area contributed by atoms with Gasteiger partial charge in [-0.05, 0) is 24.8 Å². The number of piperidine rings is 1. The average Bonchev–Trinajstić information content (AvgIpc) is 3.38. The molecule has 0 spiro atoms. The number of carbonyl (C=O) groups excluding carboxylic acids is 2. The summed E-state index contributed by atoms with van der Waals surface area (Å²) in [4.78, 5) is 27.1. The van der Waals surface area contributed by atoms with E-state index in [1.54, 1.807) is 18.7 Å². The Morgan fingerprint density at radius 2 is 2.00 bits per heavy atom. The van der Waals surface area contributed by atoms with E-state index in [4.69, 9.17) is 4.74 Å². The Morgan fingerprint density at radius 3 is 2.58 bits per heavy atom. The first-order valence-corrected chi connectivity index (χ1v) is 8.64. The van der Waals surface area contributed by atoms with Gasteiger partial charge in [0.05, 0.1) is 12.0 Å². The molecule has 2 saturated carbocycles. The molecule has 1 heterocycles. The van der Waals surface area contributed by atoms with Gasteiger partial charge in [0.25, 0.3) is 0 Å². The smallest absolute Gasteiger partial charge is 0.314 e. The van der Waals surface area contributed by atoms with E-state index < -0.39 is 17.0 Å². The first-order valence-electron chi connectivity index (χ1n) is 8.64. The second-order valence-corrected chi connectivity index (χ2v) is 7.39. The van der Waals surface area contributed by atoms with Crippen LogP contribution in [-0.2, 0) is 19.7 Å². The number of esters is 1. The maximum absolute atomic E-state index is 14.6. The lowest BCUT2D eigenvalue weighted by Crippen LogP contribution is -2.42. The highest BCUT2D eigenvalue weighted by atomic mass is 19.1. The lowest BCUT2D eigenvalue weighted by molar-refractivity contribution is -0.150. The van der Waals surface area contributed by atoms with E-state index in [0.717, 1.165) is 12.0 Å². The largest absolute Gasteiger partial charge is 0.466 e. The van der Waals surface area contributed by atoms with Crippen LogP contribution in [0.3, 0.4) is 0 Å². The topological polar surface area (TPSA) is 46.6 Å². The Kier molecular flexibility index (Phi) is 3.28. The number of amides is 1. The zero-order valence-corrected chi connectivity index (χ0v) is 14.0. The number of likely N-dealkylation sites (tertiary alicyclic amines) is 1. The second kappa shape index (κ2) is 5.04. The van der Waals surface area contributed by atoms with Gasteiger partial charge >= 0.3 is 5.97 Å². The number of benzene rings is 1. The minimum Gasteiger partial charge on any atom is -0.466 e. The first-order chi connectivity index (χ1) is 11.5. The summed E-state index contributed by atoms with van der Waals surface area (Å²) < 4.78 is 19.7. The Balaban J connectivity index is 1.58. The molecule has 3 fully saturated rings. The zero-order chi connectivity index (χ0) is 17.1. The first kappa shape index (κ1) is 15.6. The molecule has 1 amide bonds. The Bertz CT molecular complexity index is 683. The van der Waals surface area contributed by atoms with Crippen molar-refractivity contribution in [2.24, 2.45) is 17.3 Å². The van der Waals surface area contributed by atoms with E-state index >= 15 is 0 Å². The zero-order valence-electron chi connectivity index (χ0n) is 14.0. The maximum Gasteiger partial charge on any atom is 0.314 e. The van der Waals surface area contributed by atoms with Crippen LogP contribution in [0.4, 0.5) is 4.39 Å². The molecular formula is C19H22FNO3. The van der Waals surface area contributed by atoms with E-state index in [-0.39, 0.29) is 23.7 Å². The Hall–Kier alpha value is -1.91. The molecule has 24 heavy (non-hydrogen) atoms. The molecule has 1 aliphatic heterocycles. The second-order valence-electron chi connectivity index (χ2n) is 7.39. The summed E-state index contributed by atoms with van der Waals surface area (Å²) >= 11 is 0. The van der Waals surface area contributed by atoms with Crippen LogP contribution in [0.2, 0.25) is 0 Å². The highest BCUT2D eigenvalue weighted by molar-refractivity contribution is 5.95. The molecule has 128 valence electrons. The SMILES string of the molecule is CCOC(=O)C12CC1CN(C(=O)C1(c3ccccc3)C(C)C1F)C2. The van der Waals surface area contributed by atoms with Gasteiger partial charge in [0.15, 0.2) is 0 Å². The summed E-state index contributed by atoms with van der Waals surface area (Å²) in [6, 6.07) is 9.19. The summed E-state index contributed by atoms with van der Waals surface area (Å²) in [6.07, 6.45) is -0.384. The number of halogens is 1. The van der Waals surface area contributed by atoms with Crippen LogP contribution in [0.1, 0.15) is 25.8 Å². The van der Waals surface area contributed by atoms with Crippen molar-refractivity contribution in [2.45, 2.75) is 31.9 Å². The normalized spacial score (nSPS) is 39.3. The van der Waals surface area contributed by atoms with Gasteiger partial charge in [-0.1, -0.05) is 37.3 Å². The highest BCUT2D eigenvalue weighted by Gasteiger charge is 2.73. The van der Waals surface area contributed by atoms with Crippen LogP contribution in [0.5, 0.6) is 0 Å². The van der Waals surface area contributed by atoms with E-state index in [9.17, 15) is 14.0 Å². The number of hydrogen-bond acceptors (Lipinski definition) is 3. The van der Waals surface area contributed by atoms with Gasteiger partial charge in [-0.2, -0.15) is 0 Å². The molecule has 5 atom stereocenters.